The van der Waals surface area contributed by atoms with Crippen LogP contribution >= 0.6 is 15.9 Å². The van der Waals surface area contributed by atoms with Gasteiger partial charge in [-0.25, -0.2) is 13.2 Å². The lowest BCUT2D eigenvalue weighted by molar-refractivity contribution is 0.190. The van der Waals surface area contributed by atoms with Crippen molar-refractivity contribution in [2.45, 2.75) is 17.4 Å². The summed E-state index contributed by atoms with van der Waals surface area (Å²) in [5.41, 5.74) is -0.372. The summed E-state index contributed by atoms with van der Waals surface area (Å²) >= 11 is 3.28. The van der Waals surface area contributed by atoms with E-state index >= 15 is 0 Å². The third kappa shape index (κ3) is 3.04. The highest BCUT2D eigenvalue weighted by Crippen LogP contribution is 2.27. The van der Waals surface area contributed by atoms with Crippen LogP contribution in [-0.4, -0.2) is 48.0 Å². The Kier molecular flexibility index (Phi) is 4.37. The molecule has 128 valence electrons. The first-order valence-electron chi connectivity index (χ1n) is 7.09. The fourth-order valence-corrected chi connectivity index (χ4v) is 4.81. The smallest absolute Gasteiger partial charge is 0.404 e. The minimum Gasteiger partial charge on any atom is -0.465 e. The number of hydrogen-bond acceptors (Lipinski definition) is 4. The number of amides is 1. The van der Waals surface area contributed by atoms with Gasteiger partial charge in [-0.05, 0) is 24.6 Å². The van der Waals surface area contributed by atoms with Crippen molar-refractivity contribution in [2.24, 2.45) is 0 Å². The summed E-state index contributed by atoms with van der Waals surface area (Å²) in [5.74, 6) is 0. The van der Waals surface area contributed by atoms with Gasteiger partial charge in [0.2, 0.25) is 10.0 Å². The van der Waals surface area contributed by atoms with E-state index in [1.54, 1.807) is 18.2 Å². The van der Waals surface area contributed by atoms with E-state index in [0.717, 1.165) is 0 Å². The van der Waals surface area contributed by atoms with Crippen molar-refractivity contribution in [3.8, 4) is 0 Å². The molecule has 0 bridgehead atoms. The predicted molar refractivity (Wildman–Crippen MR) is 90.6 cm³/mol. The van der Waals surface area contributed by atoms with Crippen molar-refractivity contribution in [1.82, 2.24) is 14.6 Å². The van der Waals surface area contributed by atoms with E-state index < -0.39 is 22.2 Å². The van der Waals surface area contributed by atoms with E-state index in [-0.39, 0.29) is 28.9 Å². The van der Waals surface area contributed by atoms with Gasteiger partial charge in [0.05, 0.1) is 0 Å². The number of benzene rings is 1. The Morgan fingerprint density at radius 3 is 2.83 bits per heavy atom. The highest BCUT2D eigenvalue weighted by atomic mass is 79.9. The maximum absolute atomic E-state index is 12.9. The molecule has 0 spiro atoms. The van der Waals surface area contributed by atoms with E-state index in [1.165, 1.54) is 10.5 Å². The zero-order chi connectivity index (χ0) is 17.5. The Balaban J connectivity index is 2.04. The molecule has 3 N–H and O–H groups in total. The fourth-order valence-electron chi connectivity index (χ4n) is 2.80. The van der Waals surface area contributed by atoms with Gasteiger partial charge in [0.15, 0.2) is 0 Å². The Bertz CT molecular complexity index is 972. The Hall–Kier alpha value is -1.91. The Morgan fingerprint density at radius 2 is 2.12 bits per heavy atom. The largest absolute Gasteiger partial charge is 0.465 e. The van der Waals surface area contributed by atoms with Crippen LogP contribution in [-0.2, 0) is 10.0 Å². The van der Waals surface area contributed by atoms with Gasteiger partial charge in [-0.3, -0.25) is 4.79 Å². The van der Waals surface area contributed by atoms with Crippen LogP contribution in [0.15, 0.2) is 38.6 Å². The summed E-state index contributed by atoms with van der Waals surface area (Å²) in [6, 6.07) is 4.35. The van der Waals surface area contributed by atoms with E-state index in [9.17, 15) is 18.0 Å². The van der Waals surface area contributed by atoms with Crippen molar-refractivity contribution in [3.05, 3.63) is 39.2 Å². The van der Waals surface area contributed by atoms with Crippen LogP contribution in [0.5, 0.6) is 0 Å². The lowest BCUT2D eigenvalue weighted by Gasteiger charge is -2.17. The van der Waals surface area contributed by atoms with Crippen LogP contribution < -0.4 is 10.9 Å². The summed E-state index contributed by atoms with van der Waals surface area (Å²) in [7, 11) is -3.86. The van der Waals surface area contributed by atoms with Crippen LogP contribution in [0, 0.1) is 0 Å². The standard InChI is InChI=1S/C14H14BrN3O5S/c15-8-1-2-10-11(5-8)12(6-16-13(10)19)24(22,23)18-4-3-9(7-18)17-14(20)21/h1-2,5-6,9,17H,3-4,7H2,(H,16,19)(H,20,21)/t9-/m1/s1. The number of carboxylic acid groups (broad SMARTS) is 1. The molecule has 0 aliphatic carbocycles. The summed E-state index contributed by atoms with van der Waals surface area (Å²) < 4.78 is 27.7. The number of nitrogens with zero attached hydrogens (tertiary/aromatic N) is 1. The molecule has 8 nitrogen and oxygen atoms in total. The van der Waals surface area contributed by atoms with E-state index in [0.29, 0.717) is 16.3 Å². The molecule has 10 heteroatoms. The van der Waals surface area contributed by atoms with Crippen LogP contribution in [0.3, 0.4) is 0 Å². The predicted octanol–water partition coefficient (Wildman–Crippen LogP) is 1.32. The number of rotatable bonds is 3. The summed E-state index contributed by atoms with van der Waals surface area (Å²) in [5, 5.41) is 11.7. The van der Waals surface area contributed by atoms with Gasteiger partial charge in [0, 0.05) is 40.6 Å². The topological polar surface area (TPSA) is 120 Å². The quantitative estimate of drug-likeness (QED) is 0.697. The lowest BCUT2D eigenvalue weighted by atomic mass is 10.2. The number of aromatic nitrogens is 1. The van der Waals surface area contributed by atoms with Gasteiger partial charge >= 0.3 is 6.09 Å². The number of hydrogen-bond donors (Lipinski definition) is 3. The SMILES string of the molecule is O=C(O)N[C@@H]1CCN(S(=O)(=O)c2c[nH]c(=O)c3ccc(Br)cc23)C1. The Morgan fingerprint density at radius 1 is 1.38 bits per heavy atom. The molecule has 1 amide bonds. The highest BCUT2D eigenvalue weighted by Gasteiger charge is 2.34. The van der Waals surface area contributed by atoms with Crippen LogP contribution in [0.4, 0.5) is 4.79 Å². The molecule has 0 radical (unpaired) electrons. The second kappa shape index (κ2) is 6.19. The van der Waals surface area contributed by atoms with Crippen molar-refractivity contribution in [3.63, 3.8) is 0 Å². The van der Waals surface area contributed by atoms with Crippen molar-refractivity contribution in [2.75, 3.05) is 13.1 Å². The van der Waals surface area contributed by atoms with Gasteiger partial charge in [0.1, 0.15) is 4.90 Å². The second-order valence-corrected chi connectivity index (χ2v) is 8.29. The van der Waals surface area contributed by atoms with E-state index in [4.69, 9.17) is 5.11 Å². The molecule has 24 heavy (non-hydrogen) atoms. The molecule has 1 aliphatic rings. The highest BCUT2D eigenvalue weighted by molar-refractivity contribution is 9.10. The second-order valence-electron chi connectivity index (χ2n) is 5.47. The number of sulfonamides is 1. The molecule has 3 rings (SSSR count). The monoisotopic (exact) mass is 415 g/mol. The van der Waals surface area contributed by atoms with Crippen LogP contribution in [0.2, 0.25) is 0 Å². The van der Waals surface area contributed by atoms with Gasteiger partial charge in [-0.15, -0.1) is 0 Å². The molecule has 1 saturated heterocycles. The minimum absolute atomic E-state index is 0.00521. The first-order chi connectivity index (χ1) is 11.3. The molecule has 1 aliphatic heterocycles. The van der Waals surface area contributed by atoms with Gasteiger partial charge in [-0.1, -0.05) is 15.9 Å². The maximum Gasteiger partial charge on any atom is 0.404 e. The molecule has 1 atom stereocenters. The summed E-state index contributed by atoms with van der Waals surface area (Å²) in [6.45, 7) is 0.269. The molecule has 2 heterocycles. The van der Waals surface area contributed by atoms with Gasteiger partial charge < -0.3 is 15.4 Å². The summed E-state index contributed by atoms with van der Waals surface area (Å²) in [4.78, 5) is 25.1. The summed E-state index contributed by atoms with van der Waals surface area (Å²) in [6.07, 6.45) is 0.402. The van der Waals surface area contributed by atoms with Crippen molar-refractivity contribution in [1.29, 1.82) is 0 Å². The van der Waals surface area contributed by atoms with Gasteiger partial charge in [-0.2, -0.15) is 4.31 Å². The number of halogens is 1. The van der Waals surface area contributed by atoms with Gasteiger partial charge in [0.25, 0.3) is 5.56 Å². The minimum atomic E-state index is -3.86. The number of aromatic amines is 1. The van der Waals surface area contributed by atoms with E-state index in [1.807, 2.05) is 0 Å². The molecule has 0 saturated carbocycles. The van der Waals surface area contributed by atoms with E-state index in [2.05, 4.69) is 26.2 Å². The molecule has 1 aromatic heterocycles. The molecule has 1 fully saturated rings. The molecule has 2 aromatic rings. The maximum atomic E-state index is 12.9. The number of carbonyl (C=O) groups is 1. The first kappa shape index (κ1) is 16.9. The third-order valence-corrected chi connectivity index (χ3v) is 6.32. The van der Waals surface area contributed by atoms with Crippen LogP contribution in [0.1, 0.15) is 6.42 Å². The molecule has 1 aromatic carbocycles. The van der Waals surface area contributed by atoms with Crippen LogP contribution in [0.25, 0.3) is 10.8 Å². The average Bonchev–Trinajstić information content (AvgIpc) is 2.95. The molecular formula is C14H14BrN3O5S. The zero-order valence-corrected chi connectivity index (χ0v) is 14.7. The number of fused-ring (bicyclic) bond motifs is 1. The van der Waals surface area contributed by atoms with Crippen molar-refractivity contribution >= 4 is 42.8 Å². The fraction of sp³-hybridized carbons (Fsp3) is 0.286. The lowest BCUT2D eigenvalue weighted by Crippen LogP contribution is -2.37. The van der Waals surface area contributed by atoms with Crippen molar-refractivity contribution < 1.29 is 18.3 Å². The zero-order valence-electron chi connectivity index (χ0n) is 12.3. The molecular weight excluding hydrogens is 402 g/mol. The number of pyridine rings is 1. The normalized spacial score (nSPS) is 18.8. The average molecular weight is 416 g/mol. The number of H-pyrrole nitrogens is 1. The number of nitrogens with one attached hydrogen (secondary N) is 2. The third-order valence-electron chi connectivity index (χ3n) is 3.92. The molecule has 0 unspecified atom stereocenters. The Labute approximate surface area is 145 Å². The first-order valence-corrected chi connectivity index (χ1v) is 9.33.